The summed E-state index contributed by atoms with van der Waals surface area (Å²) in [5, 5.41) is 20.8. The van der Waals surface area contributed by atoms with Crippen molar-refractivity contribution < 1.29 is 4.79 Å². The Balaban J connectivity index is 1.35. The van der Waals surface area contributed by atoms with Gasteiger partial charge in [-0.1, -0.05) is 52.8 Å². The molecule has 5 aromatic rings. The Labute approximate surface area is 191 Å². The van der Waals surface area contributed by atoms with E-state index in [1.807, 2.05) is 61.5 Å². The van der Waals surface area contributed by atoms with Crippen LogP contribution in [0.1, 0.15) is 23.0 Å². The molecule has 162 valence electrons. The molecule has 3 N–H and O–H groups in total. The second kappa shape index (κ2) is 8.93. The molecule has 0 atom stereocenters. The second-order valence-electron chi connectivity index (χ2n) is 6.99. The Bertz CT molecular complexity index is 1430. The molecule has 0 saturated carbocycles. The number of thiazole rings is 1. The Morgan fingerprint density at radius 2 is 1.91 bits per heavy atom. The lowest BCUT2D eigenvalue weighted by Crippen LogP contribution is -2.15. The molecule has 3 aromatic heterocycles. The average molecular weight is 456 g/mol. The minimum absolute atomic E-state index is 0.154. The highest BCUT2D eigenvalue weighted by molar-refractivity contribution is 7.22. The number of aromatic amines is 1. The van der Waals surface area contributed by atoms with E-state index in [1.165, 1.54) is 0 Å². The second-order valence-corrected chi connectivity index (χ2v) is 8.02. The number of aromatic nitrogens is 6. The highest BCUT2D eigenvalue weighted by Crippen LogP contribution is 2.25. The van der Waals surface area contributed by atoms with Crippen LogP contribution >= 0.6 is 11.3 Å². The number of para-hydroxylation sites is 1. The molecule has 0 aliphatic rings. The summed E-state index contributed by atoms with van der Waals surface area (Å²) in [7, 11) is 0. The molecular weight excluding hydrogens is 438 g/mol. The predicted molar refractivity (Wildman–Crippen MR) is 127 cm³/mol. The average Bonchev–Trinajstić information content (AvgIpc) is 3.52. The molecule has 3 heterocycles. The molecule has 5 rings (SSSR count). The molecule has 0 saturated heterocycles. The van der Waals surface area contributed by atoms with Gasteiger partial charge in [0.25, 0.3) is 5.91 Å². The topological polar surface area (TPSA) is 134 Å². The summed E-state index contributed by atoms with van der Waals surface area (Å²) in [5.74, 6) is -0.258. The van der Waals surface area contributed by atoms with Gasteiger partial charge in [0.15, 0.2) is 0 Å². The van der Waals surface area contributed by atoms with Crippen LogP contribution in [-0.4, -0.2) is 42.2 Å². The van der Waals surface area contributed by atoms with E-state index in [0.29, 0.717) is 5.69 Å². The van der Waals surface area contributed by atoms with Crippen LogP contribution in [0.3, 0.4) is 0 Å². The third kappa shape index (κ3) is 4.57. The Morgan fingerprint density at radius 1 is 1.03 bits per heavy atom. The van der Waals surface area contributed by atoms with Crippen molar-refractivity contribution in [2.75, 3.05) is 10.7 Å². The minimum atomic E-state index is -0.413. The van der Waals surface area contributed by atoms with Gasteiger partial charge in [0.05, 0.1) is 21.6 Å². The SMILES string of the molecule is C/C(=N\Nc1nc2ccccc2s1)c1cccc(-c2cccc(C(=O)Nc3nnn[nH]3)n2)c1. The van der Waals surface area contributed by atoms with E-state index >= 15 is 0 Å². The van der Waals surface area contributed by atoms with Gasteiger partial charge in [0.2, 0.25) is 11.1 Å². The van der Waals surface area contributed by atoms with Crippen LogP contribution in [0.25, 0.3) is 21.5 Å². The van der Waals surface area contributed by atoms with Gasteiger partial charge in [0, 0.05) is 5.56 Å². The molecule has 10 nitrogen and oxygen atoms in total. The van der Waals surface area contributed by atoms with Crippen molar-refractivity contribution >= 4 is 44.3 Å². The van der Waals surface area contributed by atoms with Gasteiger partial charge in [-0.15, -0.1) is 0 Å². The Kier molecular flexibility index (Phi) is 5.52. The summed E-state index contributed by atoms with van der Waals surface area (Å²) in [5.41, 5.74) is 7.47. The summed E-state index contributed by atoms with van der Waals surface area (Å²) >= 11 is 1.55. The maximum Gasteiger partial charge on any atom is 0.276 e. The lowest BCUT2D eigenvalue weighted by molar-refractivity contribution is 0.102. The van der Waals surface area contributed by atoms with Gasteiger partial charge in [-0.3, -0.25) is 15.5 Å². The van der Waals surface area contributed by atoms with E-state index in [4.69, 9.17) is 0 Å². The number of benzene rings is 2. The maximum atomic E-state index is 12.4. The summed E-state index contributed by atoms with van der Waals surface area (Å²) in [6.45, 7) is 1.92. The zero-order valence-corrected chi connectivity index (χ0v) is 18.2. The molecule has 11 heteroatoms. The first-order valence-corrected chi connectivity index (χ1v) is 10.8. The molecule has 0 aliphatic heterocycles. The number of anilines is 2. The van der Waals surface area contributed by atoms with E-state index in [2.05, 4.69) is 46.4 Å². The molecule has 2 aromatic carbocycles. The summed E-state index contributed by atoms with van der Waals surface area (Å²) in [6, 6.07) is 21.0. The van der Waals surface area contributed by atoms with Gasteiger partial charge < -0.3 is 0 Å². The van der Waals surface area contributed by atoms with Crippen molar-refractivity contribution in [1.82, 2.24) is 30.6 Å². The fourth-order valence-electron chi connectivity index (χ4n) is 3.13. The molecule has 33 heavy (non-hydrogen) atoms. The molecule has 1 amide bonds. The van der Waals surface area contributed by atoms with Crippen LogP contribution < -0.4 is 10.7 Å². The number of carbonyl (C=O) groups excluding carboxylic acids is 1. The molecule has 0 fully saturated rings. The summed E-state index contributed by atoms with van der Waals surface area (Å²) in [6.07, 6.45) is 0. The number of fused-ring (bicyclic) bond motifs is 1. The third-order valence-corrected chi connectivity index (χ3v) is 5.69. The zero-order chi connectivity index (χ0) is 22.6. The van der Waals surface area contributed by atoms with E-state index in [1.54, 1.807) is 23.5 Å². The standard InChI is InChI=1S/C22H17N9OS/c1-13(26-29-22-24-17-8-2-3-11-19(17)33-22)14-6-4-7-15(12-14)16-9-5-10-18(23-16)20(32)25-21-27-30-31-28-21/h2-12H,1H3,(H,24,29)(H2,25,27,28,30,31,32)/b26-13+. The van der Waals surface area contributed by atoms with Crippen LogP contribution in [-0.2, 0) is 0 Å². The monoisotopic (exact) mass is 455 g/mol. The smallest absolute Gasteiger partial charge is 0.276 e. The van der Waals surface area contributed by atoms with Gasteiger partial charge in [-0.05, 0) is 53.2 Å². The van der Waals surface area contributed by atoms with Crippen molar-refractivity contribution in [2.45, 2.75) is 6.92 Å². The molecule has 0 radical (unpaired) electrons. The molecular formula is C22H17N9OS. The van der Waals surface area contributed by atoms with Crippen molar-refractivity contribution in [2.24, 2.45) is 5.10 Å². The van der Waals surface area contributed by atoms with Gasteiger partial charge in [-0.2, -0.15) is 5.10 Å². The fourth-order valence-corrected chi connectivity index (χ4v) is 3.93. The molecule has 0 spiro atoms. The minimum Gasteiger partial charge on any atom is -0.288 e. The Hall–Kier alpha value is -4.51. The first kappa shape index (κ1) is 20.4. The highest BCUT2D eigenvalue weighted by atomic mass is 32.1. The van der Waals surface area contributed by atoms with Crippen molar-refractivity contribution in [3.8, 4) is 11.3 Å². The summed E-state index contributed by atoms with van der Waals surface area (Å²) < 4.78 is 1.10. The third-order valence-electron chi connectivity index (χ3n) is 4.75. The molecule has 0 bridgehead atoms. The number of hydrazone groups is 1. The van der Waals surface area contributed by atoms with Gasteiger partial charge >= 0.3 is 0 Å². The maximum absolute atomic E-state index is 12.4. The number of H-pyrrole nitrogens is 1. The largest absolute Gasteiger partial charge is 0.288 e. The number of pyridine rings is 1. The first-order chi connectivity index (χ1) is 16.2. The summed E-state index contributed by atoms with van der Waals surface area (Å²) in [4.78, 5) is 21.5. The van der Waals surface area contributed by atoms with Gasteiger partial charge in [-0.25, -0.2) is 15.1 Å². The van der Waals surface area contributed by atoms with Crippen LogP contribution in [0.5, 0.6) is 0 Å². The predicted octanol–water partition coefficient (Wildman–Crippen LogP) is 3.96. The number of carbonyl (C=O) groups is 1. The molecule has 0 unspecified atom stereocenters. The van der Waals surface area contributed by atoms with E-state index < -0.39 is 5.91 Å². The number of tetrazole rings is 1. The van der Waals surface area contributed by atoms with Crippen LogP contribution in [0.15, 0.2) is 71.8 Å². The number of nitrogens with one attached hydrogen (secondary N) is 3. The van der Waals surface area contributed by atoms with Crippen molar-refractivity contribution in [3.63, 3.8) is 0 Å². The quantitative estimate of drug-likeness (QED) is 0.261. The highest BCUT2D eigenvalue weighted by Gasteiger charge is 2.12. The van der Waals surface area contributed by atoms with Crippen LogP contribution in [0, 0.1) is 0 Å². The zero-order valence-electron chi connectivity index (χ0n) is 17.4. The number of rotatable bonds is 6. The molecule has 0 aliphatic carbocycles. The fraction of sp³-hybridized carbons (Fsp3) is 0.0455. The van der Waals surface area contributed by atoms with E-state index in [0.717, 1.165) is 32.2 Å². The van der Waals surface area contributed by atoms with Crippen molar-refractivity contribution in [1.29, 1.82) is 0 Å². The van der Waals surface area contributed by atoms with Crippen molar-refractivity contribution in [3.05, 3.63) is 78.0 Å². The normalized spacial score (nSPS) is 11.5. The van der Waals surface area contributed by atoms with Crippen LogP contribution in [0.4, 0.5) is 11.1 Å². The van der Waals surface area contributed by atoms with E-state index in [9.17, 15) is 4.79 Å². The first-order valence-electron chi connectivity index (χ1n) is 9.94. The lowest BCUT2D eigenvalue weighted by Gasteiger charge is -2.07. The number of amides is 1. The number of nitrogens with zero attached hydrogens (tertiary/aromatic N) is 6. The Morgan fingerprint density at radius 3 is 2.76 bits per heavy atom. The van der Waals surface area contributed by atoms with Crippen LogP contribution in [0.2, 0.25) is 0 Å². The van der Waals surface area contributed by atoms with Gasteiger partial charge in [0.1, 0.15) is 5.69 Å². The number of hydrogen-bond donors (Lipinski definition) is 3. The lowest BCUT2D eigenvalue weighted by atomic mass is 10.0. The van der Waals surface area contributed by atoms with E-state index in [-0.39, 0.29) is 11.6 Å². The number of hydrogen-bond acceptors (Lipinski definition) is 9.